The highest BCUT2D eigenvalue weighted by molar-refractivity contribution is 5.61. The SMILES string of the molecule is CCCNc1cc(NC2CC2C)nc(-c2ccccc2)n1. The number of aromatic nitrogens is 2. The maximum atomic E-state index is 4.66. The number of hydrogen-bond acceptors (Lipinski definition) is 4. The summed E-state index contributed by atoms with van der Waals surface area (Å²) in [5.41, 5.74) is 1.05. The van der Waals surface area contributed by atoms with Gasteiger partial charge in [0.05, 0.1) is 0 Å². The predicted molar refractivity (Wildman–Crippen MR) is 87.4 cm³/mol. The lowest BCUT2D eigenvalue weighted by atomic mass is 10.2. The molecule has 0 spiro atoms. The van der Waals surface area contributed by atoms with E-state index in [0.717, 1.165) is 41.9 Å². The molecule has 1 aliphatic rings. The molecular weight excluding hydrogens is 260 g/mol. The fourth-order valence-electron chi connectivity index (χ4n) is 2.29. The summed E-state index contributed by atoms with van der Waals surface area (Å²) in [4.78, 5) is 9.29. The lowest BCUT2D eigenvalue weighted by Crippen LogP contribution is -2.09. The quantitative estimate of drug-likeness (QED) is 0.846. The molecule has 2 unspecified atom stereocenters. The summed E-state index contributed by atoms with van der Waals surface area (Å²) < 4.78 is 0. The highest BCUT2D eigenvalue weighted by atomic mass is 15.1. The van der Waals surface area contributed by atoms with Crippen molar-refractivity contribution in [2.75, 3.05) is 17.2 Å². The Morgan fingerprint density at radius 1 is 1.14 bits per heavy atom. The minimum Gasteiger partial charge on any atom is -0.370 e. The zero-order valence-electron chi connectivity index (χ0n) is 12.6. The average Bonchev–Trinajstić information content (AvgIpc) is 3.21. The average molecular weight is 282 g/mol. The van der Waals surface area contributed by atoms with Crippen molar-refractivity contribution in [3.63, 3.8) is 0 Å². The van der Waals surface area contributed by atoms with Gasteiger partial charge in [-0.3, -0.25) is 0 Å². The first-order valence-electron chi connectivity index (χ1n) is 7.71. The number of hydrogen-bond donors (Lipinski definition) is 2. The van der Waals surface area contributed by atoms with Gasteiger partial charge in [0.15, 0.2) is 5.82 Å². The van der Waals surface area contributed by atoms with Crippen LogP contribution >= 0.6 is 0 Å². The monoisotopic (exact) mass is 282 g/mol. The second-order valence-corrected chi connectivity index (χ2v) is 5.72. The van der Waals surface area contributed by atoms with Gasteiger partial charge < -0.3 is 10.6 Å². The van der Waals surface area contributed by atoms with Gasteiger partial charge >= 0.3 is 0 Å². The maximum Gasteiger partial charge on any atom is 0.163 e. The van der Waals surface area contributed by atoms with Gasteiger partial charge in [-0.25, -0.2) is 9.97 Å². The molecule has 1 aromatic carbocycles. The Kier molecular flexibility index (Phi) is 4.04. The normalized spacial score (nSPS) is 20.1. The Labute approximate surface area is 126 Å². The van der Waals surface area contributed by atoms with Crippen molar-refractivity contribution >= 4 is 11.6 Å². The first-order valence-corrected chi connectivity index (χ1v) is 7.71. The smallest absolute Gasteiger partial charge is 0.163 e. The lowest BCUT2D eigenvalue weighted by molar-refractivity contribution is 0.920. The molecule has 1 heterocycles. The van der Waals surface area contributed by atoms with Crippen molar-refractivity contribution in [1.82, 2.24) is 9.97 Å². The minimum absolute atomic E-state index is 0.558. The van der Waals surface area contributed by atoms with Gasteiger partial charge in [0, 0.05) is 24.2 Å². The summed E-state index contributed by atoms with van der Waals surface area (Å²) in [6.45, 7) is 5.33. The molecule has 4 nitrogen and oxygen atoms in total. The Hall–Kier alpha value is -2.10. The van der Waals surface area contributed by atoms with Crippen LogP contribution in [0.1, 0.15) is 26.7 Å². The molecule has 1 aliphatic carbocycles. The van der Waals surface area contributed by atoms with E-state index in [1.54, 1.807) is 0 Å². The van der Waals surface area contributed by atoms with E-state index >= 15 is 0 Å². The van der Waals surface area contributed by atoms with Crippen molar-refractivity contribution in [2.24, 2.45) is 5.92 Å². The molecule has 0 radical (unpaired) electrons. The standard InChI is InChI=1S/C17H22N4/c1-3-9-18-15-11-16(19-14-10-12(14)2)21-17(20-15)13-7-5-4-6-8-13/h4-8,11-12,14H,3,9-10H2,1-2H3,(H2,18,19,20,21). The van der Waals surface area contributed by atoms with Gasteiger partial charge in [-0.1, -0.05) is 44.2 Å². The first-order chi connectivity index (χ1) is 10.3. The fraction of sp³-hybridized carbons (Fsp3) is 0.412. The van der Waals surface area contributed by atoms with E-state index < -0.39 is 0 Å². The van der Waals surface area contributed by atoms with Crippen molar-refractivity contribution in [3.8, 4) is 11.4 Å². The third-order valence-corrected chi connectivity index (χ3v) is 3.76. The van der Waals surface area contributed by atoms with Crippen molar-refractivity contribution in [2.45, 2.75) is 32.7 Å². The van der Waals surface area contributed by atoms with Gasteiger partial charge in [0.1, 0.15) is 11.6 Å². The van der Waals surface area contributed by atoms with E-state index in [9.17, 15) is 0 Å². The van der Waals surface area contributed by atoms with Crippen LogP contribution in [0.25, 0.3) is 11.4 Å². The number of nitrogens with one attached hydrogen (secondary N) is 2. The molecule has 1 fully saturated rings. The fourth-order valence-corrected chi connectivity index (χ4v) is 2.29. The van der Waals surface area contributed by atoms with E-state index in [4.69, 9.17) is 0 Å². The number of benzene rings is 1. The van der Waals surface area contributed by atoms with Gasteiger partial charge in [-0.2, -0.15) is 0 Å². The van der Waals surface area contributed by atoms with Crippen molar-refractivity contribution < 1.29 is 0 Å². The van der Waals surface area contributed by atoms with Gasteiger partial charge in [-0.05, 0) is 18.8 Å². The third-order valence-electron chi connectivity index (χ3n) is 3.76. The zero-order chi connectivity index (χ0) is 14.7. The molecule has 110 valence electrons. The second kappa shape index (κ2) is 6.12. The van der Waals surface area contributed by atoms with E-state index in [1.165, 1.54) is 6.42 Å². The van der Waals surface area contributed by atoms with Crippen LogP contribution < -0.4 is 10.6 Å². The summed E-state index contributed by atoms with van der Waals surface area (Å²) in [7, 11) is 0. The molecule has 0 saturated heterocycles. The molecule has 1 aromatic heterocycles. The first kappa shape index (κ1) is 13.9. The molecule has 2 atom stereocenters. The Bertz CT molecular complexity index is 597. The van der Waals surface area contributed by atoms with Crippen molar-refractivity contribution in [1.29, 1.82) is 0 Å². The van der Waals surface area contributed by atoms with Crippen LogP contribution in [0.3, 0.4) is 0 Å². The Morgan fingerprint density at radius 2 is 1.86 bits per heavy atom. The number of rotatable bonds is 6. The topological polar surface area (TPSA) is 49.8 Å². The van der Waals surface area contributed by atoms with E-state index in [0.29, 0.717) is 6.04 Å². The van der Waals surface area contributed by atoms with E-state index in [1.807, 2.05) is 36.4 Å². The van der Waals surface area contributed by atoms with Crippen molar-refractivity contribution in [3.05, 3.63) is 36.4 Å². The summed E-state index contributed by atoms with van der Waals surface area (Å²) in [6.07, 6.45) is 2.30. The predicted octanol–water partition coefficient (Wildman–Crippen LogP) is 3.79. The Balaban J connectivity index is 1.88. The molecule has 1 saturated carbocycles. The second-order valence-electron chi connectivity index (χ2n) is 5.72. The van der Waals surface area contributed by atoms with Crippen LogP contribution in [-0.4, -0.2) is 22.6 Å². The highest BCUT2D eigenvalue weighted by Crippen LogP contribution is 2.33. The summed E-state index contributed by atoms with van der Waals surface area (Å²) in [5.74, 6) is 3.32. The molecule has 3 rings (SSSR count). The summed E-state index contributed by atoms with van der Waals surface area (Å²) in [6, 6.07) is 12.7. The Morgan fingerprint density at radius 3 is 2.52 bits per heavy atom. The molecule has 0 bridgehead atoms. The summed E-state index contributed by atoms with van der Waals surface area (Å²) >= 11 is 0. The van der Waals surface area contributed by atoms with Crippen LogP contribution in [-0.2, 0) is 0 Å². The molecule has 0 amide bonds. The van der Waals surface area contributed by atoms with E-state index in [-0.39, 0.29) is 0 Å². The number of nitrogens with zero attached hydrogens (tertiary/aromatic N) is 2. The lowest BCUT2D eigenvalue weighted by Gasteiger charge is -2.11. The van der Waals surface area contributed by atoms with Gasteiger partial charge in [0.25, 0.3) is 0 Å². The van der Waals surface area contributed by atoms with Gasteiger partial charge in [0.2, 0.25) is 0 Å². The van der Waals surface area contributed by atoms with Gasteiger partial charge in [-0.15, -0.1) is 0 Å². The van der Waals surface area contributed by atoms with Crippen LogP contribution in [0.4, 0.5) is 11.6 Å². The molecule has 2 aromatic rings. The molecule has 21 heavy (non-hydrogen) atoms. The molecule has 2 N–H and O–H groups in total. The van der Waals surface area contributed by atoms with Crippen LogP contribution in [0, 0.1) is 5.92 Å². The zero-order valence-corrected chi connectivity index (χ0v) is 12.6. The third kappa shape index (κ3) is 3.51. The molecular formula is C17H22N4. The van der Waals surface area contributed by atoms with Crippen LogP contribution in [0.15, 0.2) is 36.4 Å². The van der Waals surface area contributed by atoms with Crippen LogP contribution in [0.5, 0.6) is 0 Å². The van der Waals surface area contributed by atoms with E-state index in [2.05, 4.69) is 34.4 Å². The number of anilines is 2. The largest absolute Gasteiger partial charge is 0.370 e. The summed E-state index contributed by atoms with van der Waals surface area (Å²) in [5, 5.41) is 6.86. The molecule has 4 heteroatoms. The highest BCUT2D eigenvalue weighted by Gasteiger charge is 2.32. The maximum absolute atomic E-state index is 4.66. The molecule has 0 aliphatic heterocycles. The van der Waals surface area contributed by atoms with Crippen LogP contribution in [0.2, 0.25) is 0 Å². The minimum atomic E-state index is 0.558.